The van der Waals surface area contributed by atoms with Crippen LogP contribution >= 0.6 is 24.8 Å². The third kappa shape index (κ3) is 3.59. The van der Waals surface area contributed by atoms with E-state index in [1.54, 1.807) is 13.1 Å². The summed E-state index contributed by atoms with van der Waals surface area (Å²) in [5.74, 6) is 0.0695. The van der Waals surface area contributed by atoms with Crippen LogP contribution in [0.3, 0.4) is 0 Å². The van der Waals surface area contributed by atoms with Gasteiger partial charge in [-0.05, 0) is 19.9 Å². The molecule has 0 aromatic carbocycles. The summed E-state index contributed by atoms with van der Waals surface area (Å²) in [5, 5.41) is 10.1. The van der Waals surface area contributed by atoms with Crippen molar-refractivity contribution in [3.8, 4) is 0 Å². The molecule has 1 fully saturated rings. The van der Waals surface area contributed by atoms with Crippen LogP contribution in [0.25, 0.3) is 0 Å². The third-order valence-corrected chi connectivity index (χ3v) is 2.63. The molecule has 2 heterocycles. The smallest absolute Gasteiger partial charge is 0.341 e. The average Bonchev–Trinajstić information content (AvgIpc) is 2.88. The summed E-state index contributed by atoms with van der Waals surface area (Å²) < 4.78 is 4.97. The van der Waals surface area contributed by atoms with E-state index in [2.05, 4.69) is 15.5 Å². The van der Waals surface area contributed by atoms with Gasteiger partial charge in [0.2, 0.25) is 0 Å². The van der Waals surface area contributed by atoms with E-state index in [-0.39, 0.29) is 30.8 Å². The van der Waals surface area contributed by atoms with Crippen LogP contribution < -0.4 is 5.32 Å². The second-order valence-corrected chi connectivity index (χ2v) is 3.61. The molecule has 0 saturated carbocycles. The number of rotatable bonds is 3. The van der Waals surface area contributed by atoms with Gasteiger partial charge in [0.15, 0.2) is 0 Å². The molecule has 0 amide bonds. The summed E-state index contributed by atoms with van der Waals surface area (Å²) in [6, 6.07) is 0. The van der Waals surface area contributed by atoms with Crippen molar-refractivity contribution < 1.29 is 9.53 Å². The van der Waals surface area contributed by atoms with E-state index in [1.807, 2.05) is 0 Å². The molecule has 1 saturated heterocycles. The summed E-state index contributed by atoms with van der Waals surface area (Å²) in [6.45, 7) is 4.09. The summed E-state index contributed by atoms with van der Waals surface area (Å²) in [4.78, 5) is 11.6. The molecule has 0 bridgehead atoms. The molecule has 0 radical (unpaired) electrons. The van der Waals surface area contributed by atoms with Crippen LogP contribution in [0.1, 0.15) is 35.3 Å². The number of nitrogens with one attached hydrogen (secondary N) is 2. The van der Waals surface area contributed by atoms with Crippen LogP contribution in [0.5, 0.6) is 0 Å². The number of hydrogen-bond donors (Lipinski definition) is 2. The number of esters is 1. The predicted octanol–water partition coefficient (Wildman–Crippen LogP) is 1.51. The van der Waals surface area contributed by atoms with Gasteiger partial charge in [0.25, 0.3) is 0 Å². The van der Waals surface area contributed by atoms with Gasteiger partial charge in [-0.25, -0.2) is 4.79 Å². The molecule has 1 unspecified atom stereocenters. The summed E-state index contributed by atoms with van der Waals surface area (Å²) in [5.41, 5.74) is 1.48. The van der Waals surface area contributed by atoms with Crippen molar-refractivity contribution in [1.29, 1.82) is 0 Å². The second-order valence-electron chi connectivity index (χ2n) is 3.61. The topological polar surface area (TPSA) is 67.0 Å². The van der Waals surface area contributed by atoms with Crippen molar-refractivity contribution in [2.24, 2.45) is 0 Å². The van der Waals surface area contributed by atoms with Crippen molar-refractivity contribution in [2.45, 2.75) is 19.3 Å². The Balaban J connectivity index is 0.00000128. The molecule has 98 valence electrons. The molecular formula is C10H17Cl2N3O2. The molecule has 2 N–H and O–H groups in total. The highest BCUT2D eigenvalue weighted by Crippen LogP contribution is 2.23. The largest absolute Gasteiger partial charge is 0.462 e. The fourth-order valence-corrected chi connectivity index (χ4v) is 1.88. The maximum Gasteiger partial charge on any atom is 0.341 e. The fourth-order valence-electron chi connectivity index (χ4n) is 1.88. The van der Waals surface area contributed by atoms with Crippen molar-refractivity contribution in [3.63, 3.8) is 0 Å². The van der Waals surface area contributed by atoms with Crippen molar-refractivity contribution in [2.75, 3.05) is 19.7 Å². The van der Waals surface area contributed by atoms with Crippen LogP contribution in [0.15, 0.2) is 6.20 Å². The monoisotopic (exact) mass is 281 g/mol. The zero-order valence-corrected chi connectivity index (χ0v) is 11.2. The van der Waals surface area contributed by atoms with E-state index in [4.69, 9.17) is 4.74 Å². The Morgan fingerprint density at radius 2 is 2.35 bits per heavy atom. The van der Waals surface area contributed by atoms with Crippen molar-refractivity contribution >= 4 is 30.8 Å². The van der Waals surface area contributed by atoms with Gasteiger partial charge in [-0.1, -0.05) is 0 Å². The highest BCUT2D eigenvalue weighted by Gasteiger charge is 2.24. The van der Waals surface area contributed by atoms with Gasteiger partial charge in [-0.15, -0.1) is 24.8 Å². The molecule has 7 heteroatoms. The number of hydrogen-bond acceptors (Lipinski definition) is 4. The number of ether oxygens (including phenoxy) is 1. The highest BCUT2D eigenvalue weighted by molar-refractivity contribution is 5.90. The van der Waals surface area contributed by atoms with Crippen LogP contribution in [-0.2, 0) is 4.74 Å². The van der Waals surface area contributed by atoms with Gasteiger partial charge >= 0.3 is 5.97 Å². The Bertz CT molecular complexity index is 351. The van der Waals surface area contributed by atoms with Crippen LogP contribution in [-0.4, -0.2) is 35.9 Å². The lowest BCUT2D eigenvalue weighted by atomic mass is 10.0. The van der Waals surface area contributed by atoms with E-state index >= 15 is 0 Å². The molecule has 17 heavy (non-hydrogen) atoms. The summed E-state index contributed by atoms with van der Waals surface area (Å²) in [7, 11) is 0. The molecule has 1 aromatic heterocycles. The van der Waals surface area contributed by atoms with E-state index in [0.717, 1.165) is 25.2 Å². The normalized spacial score (nSPS) is 18.1. The maximum atomic E-state index is 11.6. The molecule has 1 aromatic rings. The maximum absolute atomic E-state index is 11.6. The van der Waals surface area contributed by atoms with Crippen LogP contribution in [0.4, 0.5) is 0 Å². The summed E-state index contributed by atoms with van der Waals surface area (Å²) >= 11 is 0. The number of nitrogens with zero attached hydrogens (tertiary/aromatic N) is 1. The van der Waals surface area contributed by atoms with Gasteiger partial charge in [0.1, 0.15) is 5.56 Å². The molecule has 1 aliphatic rings. The predicted molar refractivity (Wildman–Crippen MR) is 69.3 cm³/mol. The molecule has 0 spiro atoms. The third-order valence-electron chi connectivity index (χ3n) is 2.63. The summed E-state index contributed by atoms with van der Waals surface area (Å²) in [6.07, 6.45) is 2.58. The highest BCUT2D eigenvalue weighted by atomic mass is 35.5. The molecular weight excluding hydrogens is 265 g/mol. The minimum atomic E-state index is -0.284. The Morgan fingerprint density at radius 1 is 1.59 bits per heavy atom. The zero-order valence-electron chi connectivity index (χ0n) is 9.56. The van der Waals surface area contributed by atoms with Gasteiger partial charge < -0.3 is 10.1 Å². The SMILES string of the molecule is CCOC(=O)c1cn[nH]c1C1CCNC1.Cl.Cl. The van der Waals surface area contributed by atoms with Crippen LogP contribution in [0.2, 0.25) is 0 Å². The number of aromatic amines is 1. The second kappa shape index (κ2) is 7.53. The first-order chi connectivity index (χ1) is 7.33. The number of aromatic nitrogens is 2. The minimum absolute atomic E-state index is 0. The lowest BCUT2D eigenvalue weighted by Crippen LogP contribution is -2.12. The number of carbonyl (C=O) groups excluding carboxylic acids is 1. The quantitative estimate of drug-likeness (QED) is 0.825. The standard InChI is InChI=1S/C10H15N3O2.2ClH/c1-2-15-10(14)8-6-12-13-9(8)7-3-4-11-5-7;;/h6-7,11H,2-5H2,1H3,(H,12,13);2*1H. The number of halogens is 2. The number of H-pyrrole nitrogens is 1. The Kier molecular flexibility index (Phi) is 7.18. The molecule has 1 aliphatic heterocycles. The Labute approximate surface area is 113 Å². The Morgan fingerprint density at radius 3 is 2.94 bits per heavy atom. The first-order valence-corrected chi connectivity index (χ1v) is 5.24. The first-order valence-electron chi connectivity index (χ1n) is 5.24. The van der Waals surface area contributed by atoms with Gasteiger partial charge in [0, 0.05) is 12.5 Å². The number of carbonyl (C=O) groups is 1. The van der Waals surface area contributed by atoms with Gasteiger partial charge in [-0.2, -0.15) is 5.10 Å². The van der Waals surface area contributed by atoms with E-state index in [1.165, 1.54) is 0 Å². The van der Waals surface area contributed by atoms with E-state index < -0.39 is 0 Å². The Hall–Kier alpha value is -0.780. The van der Waals surface area contributed by atoms with Crippen LogP contribution in [0, 0.1) is 0 Å². The van der Waals surface area contributed by atoms with E-state index in [0.29, 0.717) is 18.1 Å². The van der Waals surface area contributed by atoms with Gasteiger partial charge in [0.05, 0.1) is 18.5 Å². The van der Waals surface area contributed by atoms with E-state index in [9.17, 15) is 4.79 Å². The van der Waals surface area contributed by atoms with Gasteiger partial charge in [-0.3, -0.25) is 5.10 Å². The fraction of sp³-hybridized carbons (Fsp3) is 0.600. The lowest BCUT2D eigenvalue weighted by Gasteiger charge is -2.07. The molecule has 2 rings (SSSR count). The lowest BCUT2D eigenvalue weighted by molar-refractivity contribution is 0.0524. The molecule has 0 aliphatic carbocycles. The van der Waals surface area contributed by atoms with Crippen molar-refractivity contribution in [3.05, 3.63) is 17.5 Å². The zero-order chi connectivity index (χ0) is 10.7. The molecule has 1 atom stereocenters. The first kappa shape index (κ1) is 16.2. The minimum Gasteiger partial charge on any atom is -0.462 e. The average molecular weight is 282 g/mol. The van der Waals surface area contributed by atoms with Crippen molar-refractivity contribution in [1.82, 2.24) is 15.5 Å². The molecule has 5 nitrogen and oxygen atoms in total.